The number of amides is 1. The summed E-state index contributed by atoms with van der Waals surface area (Å²) < 4.78 is 1.97. The fourth-order valence-corrected chi connectivity index (χ4v) is 2.57. The van der Waals surface area contributed by atoms with Crippen molar-refractivity contribution in [3.63, 3.8) is 0 Å². The number of benzene rings is 1. The number of aromatic nitrogens is 1. The number of hydrogen-bond acceptors (Lipinski definition) is 3. The normalized spacial score (nSPS) is 10.9. The van der Waals surface area contributed by atoms with E-state index in [0.29, 0.717) is 11.1 Å². The van der Waals surface area contributed by atoms with Crippen molar-refractivity contribution in [1.29, 1.82) is 0 Å². The molecule has 1 aromatic heterocycles. The molecule has 0 radical (unpaired) electrons. The molecule has 1 aromatic carbocycles. The molecule has 0 saturated heterocycles. The number of aryl methyl sites for hydroxylation is 1. The fourth-order valence-electron chi connectivity index (χ4n) is 2.57. The lowest BCUT2D eigenvalue weighted by molar-refractivity contribution is 0.0826. The predicted molar refractivity (Wildman–Crippen MR) is 90.2 cm³/mol. The van der Waals surface area contributed by atoms with Crippen LogP contribution in [0.1, 0.15) is 36.5 Å². The van der Waals surface area contributed by atoms with Crippen LogP contribution >= 0.6 is 0 Å². The molecule has 0 aliphatic carbocycles. The molecule has 0 atom stereocenters. The second kappa shape index (κ2) is 6.64. The summed E-state index contributed by atoms with van der Waals surface area (Å²) in [5, 5.41) is 0.437. The molecule has 22 heavy (non-hydrogen) atoms. The Kier molecular flexibility index (Phi) is 4.85. The van der Waals surface area contributed by atoms with Gasteiger partial charge in [-0.05, 0) is 18.6 Å². The second-order valence-corrected chi connectivity index (χ2v) is 5.71. The van der Waals surface area contributed by atoms with Crippen LogP contribution in [0.5, 0.6) is 0 Å². The zero-order valence-corrected chi connectivity index (χ0v) is 13.4. The molecule has 0 bridgehead atoms. The highest BCUT2D eigenvalue weighted by Crippen LogP contribution is 2.19. The number of unbranched alkanes of at least 4 members (excludes halogenated alkanes) is 2. The summed E-state index contributed by atoms with van der Waals surface area (Å²) in [5.74, 6) is -0.292. The number of anilines is 1. The van der Waals surface area contributed by atoms with Gasteiger partial charge in [0.1, 0.15) is 5.56 Å². The standard InChI is InChI=1S/C17H23N3O2/c1-4-5-6-10-20-11-12(17(22)19(2)3)16(21)15-13(18)8-7-9-14(15)20/h7-9,11H,4-6,10,18H2,1-3H3. The Balaban J connectivity index is 2.67. The van der Waals surface area contributed by atoms with Crippen LogP contribution < -0.4 is 11.2 Å². The van der Waals surface area contributed by atoms with E-state index >= 15 is 0 Å². The van der Waals surface area contributed by atoms with Gasteiger partial charge in [0, 0.05) is 32.5 Å². The lowest BCUT2D eigenvalue weighted by atomic mass is 10.1. The third-order valence-corrected chi connectivity index (χ3v) is 3.78. The van der Waals surface area contributed by atoms with E-state index in [1.807, 2.05) is 16.7 Å². The number of fused-ring (bicyclic) bond motifs is 1. The first-order valence-corrected chi connectivity index (χ1v) is 7.60. The van der Waals surface area contributed by atoms with E-state index in [0.717, 1.165) is 31.3 Å². The number of carbonyl (C=O) groups excluding carboxylic acids is 1. The molecule has 5 nitrogen and oxygen atoms in total. The molecule has 118 valence electrons. The van der Waals surface area contributed by atoms with Crippen LogP contribution in [0, 0.1) is 0 Å². The maximum Gasteiger partial charge on any atom is 0.258 e. The smallest absolute Gasteiger partial charge is 0.258 e. The van der Waals surface area contributed by atoms with Crippen LogP contribution in [0.4, 0.5) is 5.69 Å². The van der Waals surface area contributed by atoms with Crippen molar-refractivity contribution in [2.45, 2.75) is 32.7 Å². The number of rotatable bonds is 5. The first-order chi connectivity index (χ1) is 10.5. The lowest BCUT2D eigenvalue weighted by Gasteiger charge is -2.16. The van der Waals surface area contributed by atoms with Gasteiger partial charge in [0.25, 0.3) is 5.91 Å². The molecular weight excluding hydrogens is 278 g/mol. The first-order valence-electron chi connectivity index (χ1n) is 7.60. The minimum atomic E-state index is -0.293. The van der Waals surface area contributed by atoms with E-state index in [4.69, 9.17) is 5.73 Å². The van der Waals surface area contributed by atoms with Gasteiger partial charge in [0.2, 0.25) is 5.43 Å². The molecule has 0 aliphatic heterocycles. The summed E-state index contributed by atoms with van der Waals surface area (Å²) in [6.07, 6.45) is 4.89. The Bertz CT molecular complexity index is 747. The van der Waals surface area contributed by atoms with Crippen LogP contribution in [0.3, 0.4) is 0 Å². The summed E-state index contributed by atoms with van der Waals surface area (Å²) in [6.45, 7) is 2.91. The minimum absolute atomic E-state index is 0.173. The highest BCUT2D eigenvalue weighted by molar-refractivity contribution is 5.99. The maximum atomic E-state index is 12.6. The number of carbonyl (C=O) groups is 1. The average Bonchev–Trinajstić information content (AvgIpc) is 2.49. The number of hydrogen-bond donors (Lipinski definition) is 1. The van der Waals surface area contributed by atoms with Crippen LogP contribution in [0.15, 0.2) is 29.2 Å². The molecule has 0 aliphatic rings. The Morgan fingerprint density at radius 3 is 2.64 bits per heavy atom. The molecule has 1 amide bonds. The molecule has 0 unspecified atom stereocenters. The van der Waals surface area contributed by atoms with Gasteiger partial charge in [-0.2, -0.15) is 0 Å². The van der Waals surface area contributed by atoms with Crippen molar-refractivity contribution in [1.82, 2.24) is 9.47 Å². The summed E-state index contributed by atoms with van der Waals surface area (Å²) in [6, 6.07) is 5.41. The van der Waals surface area contributed by atoms with Gasteiger partial charge in [-0.1, -0.05) is 25.8 Å². The van der Waals surface area contributed by atoms with Crippen molar-refractivity contribution in [3.8, 4) is 0 Å². The molecule has 2 aromatic rings. The van der Waals surface area contributed by atoms with Crippen LogP contribution in [0.2, 0.25) is 0 Å². The van der Waals surface area contributed by atoms with Gasteiger partial charge in [0.15, 0.2) is 0 Å². The van der Waals surface area contributed by atoms with Gasteiger partial charge in [-0.3, -0.25) is 9.59 Å². The fraction of sp³-hybridized carbons (Fsp3) is 0.412. The zero-order chi connectivity index (χ0) is 16.3. The topological polar surface area (TPSA) is 68.3 Å². The van der Waals surface area contributed by atoms with Gasteiger partial charge in [0.05, 0.1) is 10.9 Å². The zero-order valence-electron chi connectivity index (χ0n) is 13.4. The molecule has 0 spiro atoms. The van der Waals surface area contributed by atoms with Crippen molar-refractivity contribution in [2.75, 3.05) is 19.8 Å². The summed E-state index contributed by atoms with van der Waals surface area (Å²) in [5.41, 5.74) is 7.07. The number of pyridine rings is 1. The van der Waals surface area contributed by atoms with Gasteiger partial charge >= 0.3 is 0 Å². The Morgan fingerprint density at radius 1 is 1.27 bits per heavy atom. The van der Waals surface area contributed by atoms with E-state index < -0.39 is 0 Å². The molecule has 5 heteroatoms. The summed E-state index contributed by atoms with van der Waals surface area (Å²) >= 11 is 0. The Morgan fingerprint density at radius 2 is 2.00 bits per heavy atom. The molecule has 0 fully saturated rings. The molecule has 2 rings (SSSR count). The minimum Gasteiger partial charge on any atom is -0.398 e. The van der Waals surface area contributed by atoms with E-state index in [1.165, 1.54) is 4.90 Å². The monoisotopic (exact) mass is 301 g/mol. The Hall–Kier alpha value is -2.30. The highest BCUT2D eigenvalue weighted by Gasteiger charge is 2.18. The quantitative estimate of drug-likeness (QED) is 0.681. The maximum absolute atomic E-state index is 12.6. The SMILES string of the molecule is CCCCCn1cc(C(=O)N(C)C)c(=O)c2c(N)cccc21. The van der Waals surface area contributed by atoms with E-state index in [9.17, 15) is 9.59 Å². The third kappa shape index (κ3) is 2.98. The largest absolute Gasteiger partial charge is 0.398 e. The number of nitrogens with zero attached hydrogens (tertiary/aromatic N) is 2. The van der Waals surface area contributed by atoms with Crippen molar-refractivity contribution < 1.29 is 4.79 Å². The van der Waals surface area contributed by atoms with Crippen LogP contribution in [-0.4, -0.2) is 29.5 Å². The third-order valence-electron chi connectivity index (χ3n) is 3.78. The molecule has 0 saturated carbocycles. The van der Waals surface area contributed by atoms with Gasteiger partial charge in [-0.15, -0.1) is 0 Å². The van der Waals surface area contributed by atoms with E-state index in [1.54, 1.807) is 26.4 Å². The second-order valence-electron chi connectivity index (χ2n) is 5.71. The van der Waals surface area contributed by atoms with Gasteiger partial charge < -0.3 is 15.2 Å². The van der Waals surface area contributed by atoms with Crippen molar-refractivity contribution in [3.05, 3.63) is 40.2 Å². The molecule has 2 N–H and O–H groups in total. The van der Waals surface area contributed by atoms with E-state index in [2.05, 4.69) is 6.92 Å². The van der Waals surface area contributed by atoms with Crippen molar-refractivity contribution in [2.24, 2.45) is 0 Å². The number of nitrogens with two attached hydrogens (primary N) is 1. The van der Waals surface area contributed by atoms with Gasteiger partial charge in [-0.25, -0.2) is 0 Å². The lowest BCUT2D eigenvalue weighted by Crippen LogP contribution is -2.29. The number of nitrogen functional groups attached to an aromatic ring is 1. The predicted octanol–water partition coefficient (Wildman–Crippen LogP) is 2.48. The Labute approximate surface area is 130 Å². The highest BCUT2D eigenvalue weighted by atomic mass is 16.2. The summed E-state index contributed by atoms with van der Waals surface area (Å²) in [4.78, 5) is 26.3. The van der Waals surface area contributed by atoms with Crippen LogP contribution in [0.25, 0.3) is 10.9 Å². The van der Waals surface area contributed by atoms with E-state index in [-0.39, 0.29) is 16.9 Å². The molecule has 1 heterocycles. The van der Waals surface area contributed by atoms with Crippen LogP contribution in [-0.2, 0) is 6.54 Å². The summed E-state index contributed by atoms with van der Waals surface area (Å²) in [7, 11) is 3.28. The van der Waals surface area contributed by atoms with Crippen molar-refractivity contribution >= 4 is 22.5 Å². The average molecular weight is 301 g/mol. The molecular formula is C17H23N3O2. The first kappa shape index (κ1) is 16.1.